The van der Waals surface area contributed by atoms with Crippen LogP contribution < -0.4 is 0 Å². The average Bonchev–Trinajstić information content (AvgIpc) is 3.85. The number of para-hydroxylation sites is 1. The number of hydrogen-bond donors (Lipinski definition) is 0. The van der Waals surface area contributed by atoms with Crippen molar-refractivity contribution >= 4 is 43.9 Å². The van der Waals surface area contributed by atoms with E-state index in [0.717, 1.165) is 82.8 Å². The molecule has 0 amide bonds. The molecule has 0 atom stereocenters. The third kappa shape index (κ3) is 5.45. The number of hydrogen-bond acceptors (Lipinski definition) is 5. The molecule has 5 nitrogen and oxygen atoms in total. The van der Waals surface area contributed by atoms with Crippen LogP contribution >= 0.6 is 0 Å². The van der Waals surface area contributed by atoms with Crippen molar-refractivity contribution in [3.8, 4) is 67.5 Å². The SMILES string of the molecule is c1ccc(-c2ccc(-c3cc(-c4cccc5oc6cc(-c7nc(-c8ccccc8)nc(-c8ccccc8)n7)ccc6c45)cc4c3oc3ccccc34)cc2)cc1. The highest BCUT2D eigenvalue weighted by molar-refractivity contribution is 6.16. The summed E-state index contributed by atoms with van der Waals surface area (Å²) in [7, 11) is 0. The predicted molar refractivity (Wildman–Crippen MR) is 227 cm³/mol. The minimum absolute atomic E-state index is 0.584. The van der Waals surface area contributed by atoms with Crippen LogP contribution in [0.25, 0.3) is 111 Å². The second kappa shape index (κ2) is 13.0. The summed E-state index contributed by atoms with van der Waals surface area (Å²) in [4.78, 5) is 14.8. The number of furan rings is 2. The molecule has 0 aliphatic heterocycles. The molecule has 0 unspecified atom stereocenters. The molecular weight excluding hydrogens is 687 g/mol. The Bertz CT molecular complexity index is 3170. The Kier molecular flexibility index (Phi) is 7.42. The van der Waals surface area contributed by atoms with Gasteiger partial charge in [-0.1, -0.05) is 152 Å². The van der Waals surface area contributed by atoms with E-state index in [-0.39, 0.29) is 0 Å². The predicted octanol–water partition coefficient (Wildman–Crippen LogP) is 13.7. The first-order valence-electron chi connectivity index (χ1n) is 18.7. The zero-order valence-corrected chi connectivity index (χ0v) is 30.1. The van der Waals surface area contributed by atoms with Crippen molar-refractivity contribution in [1.29, 1.82) is 0 Å². The standard InChI is InChI=1S/C51H31N3O2/c1-4-13-32(14-5-1)33-23-25-34(26-24-33)42-29-38(30-43-40-19-10-11-21-44(40)56-48(42)43)39-20-12-22-45-47(39)41-28-27-37(31-46(41)55-45)51-53-49(35-15-6-2-7-16-35)52-50(54-51)36-17-8-3-9-18-36/h1-31H. The summed E-state index contributed by atoms with van der Waals surface area (Å²) in [5.74, 6) is 1.82. The molecule has 262 valence electrons. The lowest BCUT2D eigenvalue weighted by Crippen LogP contribution is -2.00. The van der Waals surface area contributed by atoms with E-state index in [1.54, 1.807) is 0 Å². The summed E-state index contributed by atoms with van der Waals surface area (Å²) in [6.07, 6.45) is 0. The van der Waals surface area contributed by atoms with Gasteiger partial charge in [0.05, 0.1) is 0 Å². The zero-order valence-electron chi connectivity index (χ0n) is 30.1. The molecule has 5 heteroatoms. The van der Waals surface area contributed by atoms with Gasteiger partial charge in [-0.25, -0.2) is 15.0 Å². The zero-order chi connectivity index (χ0) is 37.0. The topological polar surface area (TPSA) is 65.0 Å². The van der Waals surface area contributed by atoms with Crippen molar-refractivity contribution < 1.29 is 8.83 Å². The molecule has 0 N–H and O–H groups in total. The quantitative estimate of drug-likeness (QED) is 0.171. The van der Waals surface area contributed by atoms with Gasteiger partial charge in [-0.3, -0.25) is 0 Å². The molecule has 0 saturated heterocycles. The lowest BCUT2D eigenvalue weighted by molar-refractivity contribution is 0.669. The Hall–Kier alpha value is -7.63. The van der Waals surface area contributed by atoms with Crippen molar-refractivity contribution in [1.82, 2.24) is 15.0 Å². The normalized spacial score (nSPS) is 11.6. The lowest BCUT2D eigenvalue weighted by atomic mass is 9.92. The van der Waals surface area contributed by atoms with Gasteiger partial charge in [0.2, 0.25) is 0 Å². The van der Waals surface area contributed by atoms with Crippen molar-refractivity contribution in [3.63, 3.8) is 0 Å². The number of rotatable bonds is 6. The minimum Gasteiger partial charge on any atom is -0.456 e. The number of aromatic nitrogens is 3. The molecule has 8 aromatic carbocycles. The second-order valence-corrected chi connectivity index (χ2v) is 14.0. The van der Waals surface area contributed by atoms with Gasteiger partial charge in [0.25, 0.3) is 0 Å². The van der Waals surface area contributed by atoms with Crippen LogP contribution in [0, 0.1) is 0 Å². The van der Waals surface area contributed by atoms with E-state index in [9.17, 15) is 0 Å². The number of nitrogens with zero attached hydrogens (tertiary/aromatic N) is 3. The fourth-order valence-corrected chi connectivity index (χ4v) is 7.81. The molecule has 11 aromatic rings. The minimum atomic E-state index is 0.584. The number of benzene rings is 8. The fourth-order valence-electron chi connectivity index (χ4n) is 7.81. The maximum Gasteiger partial charge on any atom is 0.164 e. The molecule has 0 spiro atoms. The Morgan fingerprint density at radius 2 is 0.839 bits per heavy atom. The van der Waals surface area contributed by atoms with Crippen LogP contribution in [0.1, 0.15) is 0 Å². The maximum absolute atomic E-state index is 6.63. The van der Waals surface area contributed by atoms with Crippen molar-refractivity contribution in [2.45, 2.75) is 0 Å². The third-order valence-corrected chi connectivity index (χ3v) is 10.5. The first kappa shape index (κ1) is 31.9. The van der Waals surface area contributed by atoms with Gasteiger partial charge in [0, 0.05) is 43.8 Å². The van der Waals surface area contributed by atoms with Gasteiger partial charge in [-0.15, -0.1) is 0 Å². The van der Waals surface area contributed by atoms with E-state index >= 15 is 0 Å². The summed E-state index contributed by atoms with van der Waals surface area (Å²) >= 11 is 0. The van der Waals surface area contributed by atoms with E-state index in [4.69, 9.17) is 23.8 Å². The summed E-state index contributed by atoms with van der Waals surface area (Å²) in [6.45, 7) is 0. The Morgan fingerprint density at radius 1 is 0.286 bits per heavy atom. The van der Waals surface area contributed by atoms with E-state index in [1.165, 1.54) is 11.1 Å². The summed E-state index contributed by atoms with van der Waals surface area (Å²) < 4.78 is 13.2. The molecule has 0 fully saturated rings. The van der Waals surface area contributed by atoms with Crippen molar-refractivity contribution in [2.75, 3.05) is 0 Å². The smallest absolute Gasteiger partial charge is 0.164 e. The molecule has 3 aromatic heterocycles. The molecular formula is C51H31N3O2. The molecule has 3 heterocycles. The van der Waals surface area contributed by atoms with Gasteiger partial charge in [0.1, 0.15) is 22.3 Å². The summed E-state index contributed by atoms with van der Waals surface area (Å²) in [5, 5.41) is 4.23. The maximum atomic E-state index is 6.63. The van der Waals surface area contributed by atoms with Crippen molar-refractivity contribution in [2.24, 2.45) is 0 Å². The largest absolute Gasteiger partial charge is 0.456 e. The lowest BCUT2D eigenvalue weighted by Gasteiger charge is -2.10. The average molecular weight is 718 g/mol. The van der Waals surface area contributed by atoms with Crippen LogP contribution in [0.2, 0.25) is 0 Å². The van der Waals surface area contributed by atoms with Crippen LogP contribution in [0.15, 0.2) is 197 Å². The molecule has 0 radical (unpaired) electrons. The van der Waals surface area contributed by atoms with Crippen molar-refractivity contribution in [3.05, 3.63) is 188 Å². The van der Waals surface area contributed by atoms with Gasteiger partial charge in [0.15, 0.2) is 17.5 Å². The van der Waals surface area contributed by atoms with Crippen LogP contribution in [0.5, 0.6) is 0 Å². The van der Waals surface area contributed by atoms with Gasteiger partial charge in [-0.2, -0.15) is 0 Å². The van der Waals surface area contributed by atoms with Crippen LogP contribution in [0.4, 0.5) is 0 Å². The van der Waals surface area contributed by atoms with E-state index < -0.39 is 0 Å². The Labute approximate surface area is 322 Å². The molecule has 0 saturated carbocycles. The highest BCUT2D eigenvalue weighted by Gasteiger charge is 2.20. The Morgan fingerprint density at radius 3 is 1.54 bits per heavy atom. The summed E-state index contributed by atoms with van der Waals surface area (Å²) in [6, 6.07) is 64.6. The van der Waals surface area contributed by atoms with E-state index in [0.29, 0.717) is 17.5 Å². The molecule has 0 bridgehead atoms. The molecule has 11 rings (SSSR count). The fraction of sp³-hybridized carbons (Fsp3) is 0. The van der Waals surface area contributed by atoms with Gasteiger partial charge >= 0.3 is 0 Å². The highest BCUT2D eigenvalue weighted by Crippen LogP contribution is 2.43. The highest BCUT2D eigenvalue weighted by atomic mass is 16.3. The monoisotopic (exact) mass is 717 g/mol. The number of fused-ring (bicyclic) bond motifs is 6. The summed E-state index contributed by atoms with van der Waals surface area (Å²) in [5.41, 5.74) is 12.7. The van der Waals surface area contributed by atoms with Crippen LogP contribution in [0.3, 0.4) is 0 Å². The molecule has 56 heavy (non-hydrogen) atoms. The first-order valence-corrected chi connectivity index (χ1v) is 18.7. The Balaban J connectivity index is 1.07. The van der Waals surface area contributed by atoms with E-state index in [2.05, 4.69) is 97.1 Å². The molecule has 0 aliphatic carbocycles. The van der Waals surface area contributed by atoms with Gasteiger partial charge < -0.3 is 8.83 Å². The van der Waals surface area contributed by atoms with E-state index in [1.807, 2.05) is 91.0 Å². The second-order valence-electron chi connectivity index (χ2n) is 14.0. The third-order valence-electron chi connectivity index (χ3n) is 10.5. The van der Waals surface area contributed by atoms with Crippen LogP contribution in [-0.2, 0) is 0 Å². The molecule has 0 aliphatic rings. The van der Waals surface area contributed by atoms with Gasteiger partial charge in [-0.05, 0) is 64.2 Å². The first-order chi connectivity index (χ1) is 27.7. The van der Waals surface area contributed by atoms with Crippen LogP contribution in [-0.4, -0.2) is 15.0 Å².